The first-order valence-corrected chi connectivity index (χ1v) is 8.05. The molecule has 0 spiro atoms. The van der Waals surface area contributed by atoms with Crippen LogP contribution in [0.15, 0.2) is 24.3 Å². The van der Waals surface area contributed by atoms with Crippen molar-refractivity contribution in [2.24, 2.45) is 0 Å². The van der Waals surface area contributed by atoms with E-state index in [1.807, 2.05) is 12.1 Å². The summed E-state index contributed by atoms with van der Waals surface area (Å²) in [5, 5.41) is 5.12. The molecule has 2 rings (SSSR count). The summed E-state index contributed by atoms with van der Waals surface area (Å²) in [6.45, 7) is 7.88. The third kappa shape index (κ3) is 4.57. The summed E-state index contributed by atoms with van der Waals surface area (Å²) < 4.78 is 4.97. The molecule has 1 aromatic carbocycles. The van der Waals surface area contributed by atoms with Crippen LogP contribution in [0, 0.1) is 0 Å². The number of carbonyl (C=O) groups excluding carboxylic acids is 3. The largest absolute Gasteiger partial charge is 0.461 e. The lowest BCUT2D eigenvalue weighted by Gasteiger charge is -2.19. The molecule has 0 radical (unpaired) electrons. The summed E-state index contributed by atoms with van der Waals surface area (Å²) >= 11 is 0. The van der Waals surface area contributed by atoms with E-state index in [-0.39, 0.29) is 24.0 Å². The van der Waals surface area contributed by atoms with Crippen molar-refractivity contribution < 1.29 is 19.1 Å². The number of hydrogen-bond donors (Lipinski definition) is 2. The van der Waals surface area contributed by atoms with E-state index in [1.165, 1.54) is 0 Å². The highest BCUT2D eigenvalue weighted by atomic mass is 16.6. The zero-order valence-electron chi connectivity index (χ0n) is 14.5. The Kier molecular flexibility index (Phi) is 5.26. The smallest absolute Gasteiger partial charge is 0.329 e. The van der Waals surface area contributed by atoms with E-state index < -0.39 is 17.9 Å². The minimum absolute atomic E-state index is 0.0158. The van der Waals surface area contributed by atoms with Gasteiger partial charge >= 0.3 is 5.97 Å². The zero-order chi connectivity index (χ0) is 17.9. The van der Waals surface area contributed by atoms with Gasteiger partial charge in [-0.3, -0.25) is 9.59 Å². The Hall–Kier alpha value is -2.37. The van der Waals surface area contributed by atoms with Crippen molar-refractivity contribution in [1.29, 1.82) is 0 Å². The highest BCUT2D eigenvalue weighted by Gasteiger charge is 2.32. The van der Waals surface area contributed by atoms with Crippen molar-refractivity contribution in [3.8, 4) is 0 Å². The maximum atomic E-state index is 12.1. The number of ether oxygens (including phenoxy) is 1. The molecular formula is C18H24N2O4. The molecule has 0 aliphatic carbocycles. The molecule has 1 aromatic rings. The van der Waals surface area contributed by atoms with Crippen LogP contribution in [0.5, 0.6) is 0 Å². The number of nitrogens with one attached hydrogen (secondary N) is 2. The quantitative estimate of drug-likeness (QED) is 0.819. The van der Waals surface area contributed by atoms with Gasteiger partial charge in [0, 0.05) is 12.0 Å². The van der Waals surface area contributed by atoms with E-state index in [0.29, 0.717) is 12.0 Å². The first kappa shape index (κ1) is 18.0. The molecule has 2 amide bonds. The average molecular weight is 332 g/mol. The number of rotatable bonds is 4. The van der Waals surface area contributed by atoms with Gasteiger partial charge in [0.15, 0.2) is 0 Å². The lowest BCUT2D eigenvalue weighted by Crippen LogP contribution is -2.43. The van der Waals surface area contributed by atoms with Crippen LogP contribution in [-0.4, -0.2) is 36.5 Å². The van der Waals surface area contributed by atoms with Crippen LogP contribution < -0.4 is 10.6 Å². The van der Waals surface area contributed by atoms with E-state index in [1.54, 1.807) is 19.1 Å². The molecule has 1 aliphatic rings. The van der Waals surface area contributed by atoms with Gasteiger partial charge in [-0.2, -0.15) is 0 Å². The van der Waals surface area contributed by atoms with Crippen LogP contribution in [0.2, 0.25) is 0 Å². The van der Waals surface area contributed by atoms with Crippen LogP contribution in [0.4, 0.5) is 0 Å². The van der Waals surface area contributed by atoms with Crippen molar-refractivity contribution in [2.45, 2.75) is 51.7 Å². The van der Waals surface area contributed by atoms with Crippen molar-refractivity contribution in [1.82, 2.24) is 10.6 Å². The molecule has 130 valence electrons. The fourth-order valence-corrected chi connectivity index (χ4v) is 2.50. The SMILES string of the molecule is C[C@@H]1C[C@H](NC(=O)CNC(=O)c2ccc(C(C)(C)C)cc2)C(=O)O1. The fourth-order valence-electron chi connectivity index (χ4n) is 2.50. The Morgan fingerprint density at radius 3 is 2.33 bits per heavy atom. The van der Waals surface area contributed by atoms with Crippen molar-refractivity contribution in [3.05, 3.63) is 35.4 Å². The van der Waals surface area contributed by atoms with Gasteiger partial charge in [-0.1, -0.05) is 32.9 Å². The minimum Gasteiger partial charge on any atom is -0.461 e. The summed E-state index contributed by atoms with van der Waals surface area (Å²) in [7, 11) is 0. The van der Waals surface area contributed by atoms with Gasteiger partial charge in [0.2, 0.25) is 5.91 Å². The van der Waals surface area contributed by atoms with Crippen molar-refractivity contribution >= 4 is 17.8 Å². The van der Waals surface area contributed by atoms with E-state index in [4.69, 9.17) is 4.74 Å². The molecule has 0 saturated carbocycles. The molecule has 6 heteroatoms. The summed E-state index contributed by atoms with van der Waals surface area (Å²) in [5.41, 5.74) is 1.64. The predicted molar refractivity (Wildman–Crippen MR) is 89.6 cm³/mol. The third-order valence-electron chi connectivity index (χ3n) is 3.93. The van der Waals surface area contributed by atoms with Gasteiger partial charge < -0.3 is 15.4 Å². The van der Waals surface area contributed by atoms with Gasteiger partial charge in [-0.15, -0.1) is 0 Å². The molecule has 1 heterocycles. The van der Waals surface area contributed by atoms with E-state index >= 15 is 0 Å². The number of cyclic esters (lactones) is 1. The summed E-state index contributed by atoms with van der Waals surface area (Å²) in [4.78, 5) is 35.4. The van der Waals surface area contributed by atoms with Crippen molar-refractivity contribution in [3.63, 3.8) is 0 Å². The van der Waals surface area contributed by atoms with Gasteiger partial charge in [-0.05, 0) is 30.0 Å². The maximum Gasteiger partial charge on any atom is 0.329 e. The Balaban J connectivity index is 1.84. The highest BCUT2D eigenvalue weighted by Crippen LogP contribution is 2.22. The molecule has 1 fully saturated rings. The summed E-state index contributed by atoms with van der Waals surface area (Å²) in [5.74, 6) is -1.17. The number of amides is 2. The molecule has 1 saturated heterocycles. The molecule has 6 nitrogen and oxygen atoms in total. The second-order valence-electron chi connectivity index (χ2n) is 7.11. The summed E-state index contributed by atoms with van der Waals surface area (Å²) in [6, 6.07) is 6.67. The molecule has 0 unspecified atom stereocenters. The van der Waals surface area contributed by atoms with Gasteiger partial charge in [0.1, 0.15) is 12.1 Å². The first-order valence-electron chi connectivity index (χ1n) is 8.05. The van der Waals surface area contributed by atoms with Crippen LogP contribution in [0.25, 0.3) is 0 Å². The molecule has 0 aromatic heterocycles. The van der Waals surface area contributed by atoms with Crippen molar-refractivity contribution in [2.75, 3.05) is 6.54 Å². The molecule has 2 N–H and O–H groups in total. The Morgan fingerprint density at radius 1 is 1.21 bits per heavy atom. The number of esters is 1. The standard InChI is InChI=1S/C18H24N2O4/c1-11-9-14(17(23)24-11)20-15(21)10-19-16(22)12-5-7-13(8-6-12)18(2,3)4/h5-8,11,14H,9-10H2,1-4H3,(H,19,22)(H,20,21)/t11-,14+/m1/s1. The molecule has 24 heavy (non-hydrogen) atoms. The minimum atomic E-state index is -0.629. The average Bonchev–Trinajstić information content (AvgIpc) is 2.81. The lowest BCUT2D eigenvalue weighted by molar-refractivity contribution is -0.143. The van der Waals surface area contributed by atoms with E-state index in [0.717, 1.165) is 5.56 Å². The maximum absolute atomic E-state index is 12.1. The molecular weight excluding hydrogens is 308 g/mol. The van der Waals surface area contributed by atoms with Crippen LogP contribution in [0.3, 0.4) is 0 Å². The van der Waals surface area contributed by atoms with Crippen LogP contribution in [0.1, 0.15) is 50.0 Å². The van der Waals surface area contributed by atoms with Crippen LogP contribution >= 0.6 is 0 Å². The summed E-state index contributed by atoms with van der Waals surface area (Å²) in [6.07, 6.45) is 0.256. The van der Waals surface area contributed by atoms with Gasteiger partial charge in [0.25, 0.3) is 5.91 Å². The molecule has 0 bridgehead atoms. The Morgan fingerprint density at radius 2 is 1.83 bits per heavy atom. The topological polar surface area (TPSA) is 84.5 Å². The number of carbonyl (C=O) groups is 3. The zero-order valence-corrected chi connectivity index (χ0v) is 14.5. The highest BCUT2D eigenvalue weighted by molar-refractivity contribution is 5.97. The second kappa shape index (κ2) is 7.03. The number of benzene rings is 1. The van der Waals surface area contributed by atoms with E-state index in [9.17, 15) is 14.4 Å². The third-order valence-corrected chi connectivity index (χ3v) is 3.93. The second-order valence-corrected chi connectivity index (χ2v) is 7.11. The fraction of sp³-hybridized carbons (Fsp3) is 0.500. The van der Waals surface area contributed by atoms with Gasteiger partial charge in [0.05, 0.1) is 6.54 Å². The Bertz CT molecular complexity index is 631. The van der Waals surface area contributed by atoms with E-state index in [2.05, 4.69) is 31.4 Å². The Labute approximate surface area is 142 Å². The molecule has 2 atom stereocenters. The monoisotopic (exact) mass is 332 g/mol. The molecule has 1 aliphatic heterocycles. The lowest BCUT2D eigenvalue weighted by atomic mass is 9.87. The predicted octanol–water partition coefficient (Wildman–Crippen LogP) is 1.53. The van der Waals surface area contributed by atoms with Crippen LogP contribution in [-0.2, 0) is 19.7 Å². The van der Waals surface area contributed by atoms with Gasteiger partial charge in [-0.25, -0.2) is 4.79 Å². The first-order chi connectivity index (χ1) is 11.2. The normalized spacial score (nSPS) is 20.4. The number of hydrogen-bond acceptors (Lipinski definition) is 4.